The van der Waals surface area contributed by atoms with Gasteiger partial charge in [-0.2, -0.15) is 4.98 Å². The lowest BCUT2D eigenvalue weighted by molar-refractivity contribution is 0.0690. The number of rotatable bonds is 4. The third-order valence-electron chi connectivity index (χ3n) is 2.12. The van der Waals surface area contributed by atoms with E-state index >= 15 is 0 Å². The molecule has 82 valence electrons. The molecule has 0 spiro atoms. The third kappa shape index (κ3) is 2.73. The molecule has 0 radical (unpaired) electrons. The van der Waals surface area contributed by atoms with Gasteiger partial charge in [-0.3, -0.25) is 0 Å². The number of hydrogen-bond acceptors (Lipinski definition) is 5. The Hall–Kier alpha value is -1.01. The van der Waals surface area contributed by atoms with E-state index in [1.807, 2.05) is 0 Å². The van der Waals surface area contributed by atoms with Crippen LogP contribution in [0, 0.1) is 0 Å². The second-order valence-corrected chi connectivity index (χ2v) is 4.22. The van der Waals surface area contributed by atoms with Gasteiger partial charge in [0.1, 0.15) is 6.26 Å². The van der Waals surface area contributed by atoms with E-state index in [9.17, 15) is 4.79 Å². The van der Waals surface area contributed by atoms with Gasteiger partial charge in [-0.25, -0.2) is 4.79 Å². The first kappa shape index (κ1) is 10.5. The van der Waals surface area contributed by atoms with Gasteiger partial charge in [-0.05, 0) is 12.8 Å². The van der Waals surface area contributed by atoms with Crippen LogP contribution < -0.4 is 0 Å². The molecule has 2 rings (SSSR count). The van der Waals surface area contributed by atoms with Crippen molar-refractivity contribution in [2.24, 2.45) is 0 Å². The zero-order valence-electron chi connectivity index (χ0n) is 8.01. The Kier molecular flexibility index (Phi) is 3.27. The van der Waals surface area contributed by atoms with Gasteiger partial charge in [-0.1, -0.05) is 11.8 Å². The Morgan fingerprint density at radius 1 is 1.73 bits per heavy atom. The van der Waals surface area contributed by atoms with Gasteiger partial charge < -0.3 is 14.3 Å². The van der Waals surface area contributed by atoms with Crippen molar-refractivity contribution in [3.63, 3.8) is 0 Å². The molecule has 0 aliphatic carbocycles. The Bertz CT molecular complexity index is 346. The molecular formula is C9H11NO4S. The number of nitrogens with zero attached hydrogens (tertiary/aromatic N) is 1. The quantitative estimate of drug-likeness (QED) is 0.791. The summed E-state index contributed by atoms with van der Waals surface area (Å²) in [6.45, 7) is 0.817. The smallest absolute Gasteiger partial charge is 0.357 e. The van der Waals surface area contributed by atoms with Crippen molar-refractivity contribution in [3.8, 4) is 0 Å². The minimum atomic E-state index is -1.07. The lowest BCUT2D eigenvalue weighted by Crippen LogP contribution is -2.07. The Morgan fingerprint density at radius 2 is 2.60 bits per heavy atom. The van der Waals surface area contributed by atoms with Crippen molar-refractivity contribution in [3.05, 3.63) is 12.0 Å². The molecule has 1 unspecified atom stereocenters. The molecule has 0 saturated carbocycles. The molecule has 1 fully saturated rings. The first-order valence-electron chi connectivity index (χ1n) is 4.69. The lowest BCUT2D eigenvalue weighted by atomic mass is 10.3. The van der Waals surface area contributed by atoms with Crippen LogP contribution in [0.3, 0.4) is 0 Å². The fourth-order valence-electron chi connectivity index (χ4n) is 1.36. The average Bonchev–Trinajstić information content (AvgIpc) is 2.86. The standard InChI is InChI=1S/C9H11NO4S/c11-8(12)7-4-14-9(10-7)15-5-6-2-1-3-13-6/h4,6H,1-3,5H2,(H,11,12). The van der Waals surface area contributed by atoms with Crippen molar-refractivity contribution >= 4 is 17.7 Å². The number of carbonyl (C=O) groups is 1. The average molecular weight is 229 g/mol. The summed E-state index contributed by atoms with van der Waals surface area (Å²) in [5.74, 6) is -0.303. The van der Waals surface area contributed by atoms with Crippen LogP contribution in [0.5, 0.6) is 0 Å². The van der Waals surface area contributed by atoms with Gasteiger partial charge >= 0.3 is 5.97 Å². The highest BCUT2D eigenvalue weighted by Gasteiger charge is 2.17. The van der Waals surface area contributed by atoms with E-state index in [0.29, 0.717) is 5.22 Å². The van der Waals surface area contributed by atoms with Crippen molar-refractivity contribution in [1.82, 2.24) is 4.98 Å². The summed E-state index contributed by atoms with van der Waals surface area (Å²) in [6.07, 6.45) is 3.55. The monoisotopic (exact) mass is 229 g/mol. The molecule has 1 N–H and O–H groups in total. The topological polar surface area (TPSA) is 72.6 Å². The summed E-state index contributed by atoms with van der Waals surface area (Å²) in [6, 6.07) is 0. The number of carboxylic acid groups (broad SMARTS) is 1. The zero-order valence-corrected chi connectivity index (χ0v) is 8.83. The SMILES string of the molecule is O=C(O)c1coc(SCC2CCCO2)n1. The first-order valence-corrected chi connectivity index (χ1v) is 5.67. The van der Waals surface area contributed by atoms with Crippen molar-refractivity contribution in [2.45, 2.75) is 24.2 Å². The zero-order chi connectivity index (χ0) is 10.7. The molecule has 1 aromatic heterocycles. The first-order chi connectivity index (χ1) is 7.25. The molecule has 1 aliphatic heterocycles. The number of oxazole rings is 1. The maximum Gasteiger partial charge on any atom is 0.357 e. The van der Waals surface area contributed by atoms with Crippen molar-refractivity contribution < 1.29 is 19.1 Å². The number of aromatic nitrogens is 1. The van der Waals surface area contributed by atoms with E-state index in [2.05, 4.69) is 4.98 Å². The number of aromatic carboxylic acids is 1. The van der Waals surface area contributed by atoms with E-state index in [-0.39, 0.29) is 11.8 Å². The minimum absolute atomic E-state index is 0.0511. The molecule has 1 atom stereocenters. The van der Waals surface area contributed by atoms with E-state index < -0.39 is 5.97 Å². The molecule has 2 heterocycles. The summed E-state index contributed by atoms with van der Waals surface area (Å²) < 4.78 is 10.4. The van der Waals surface area contributed by atoms with Crippen LogP contribution in [-0.2, 0) is 4.74 Å². The Morgan fingerprint density at radius 3 is 3.20 bits per heavy atom. The molecular weight excluding hydrogens is 218 g/mol. The molecule has 15 heavy (non-hydrogen) atoms. The Labute approximate surface area is 90.8 Å². The molecule has 0 bridgehead atoms. The second-order valence-electron chi connectivity index (χ2n) is 3.25. The van der Waals surface area contributed by atoms with Crippen LogP contribution in [-0.4, -0.2) is 34.5 Å². The molecule has 1 aromatic rings. The molecule has 0 aromatic carbocycles. The molecule has 0 amide bonds. The normalized spacial score (nSPS) is 20.7. The van der Waals surface area contributed by atoms with Crippen LogP contribution in [0.15, 0.2) is 15.9 Å². The van der Waals surface area contributed by atoms with E-state index in [4.69, 9.17) is 14.3 Å². The van der Waals surface area contributed by atoms with Crippen LogP contribution in [0.4, 0.5) is 0 Å². The van der Waals surface area contributed by atoms with Crippen LogP contribution in [0.25, 0.3) is 0 Å². The lowest BCUT2D eigenvalue weighted by Gasteiger charge is -2.05. The summed E-state index contributed by atoms with van der Waals surface area (Å²) >= 11 is 1.39. The number of hydrogen-bond donors (Lipinski definition) is 1. The summed E-state index contributed by atoms with van der Waals surface area (Å²) in [4.78, 5) is 14.3. The minimum Gasteiger partial charge on any atom is -0.476 e. The maximum atomic E-state index is 10.5. The summed E-state index contributed by atoms with van der Waals surface area (Å²) in [7, 11) is 0. The summed E-state index contributed by atoms with van der Waals surface area (Å²) in [5, 5.41) is 9.01. The second kappa shape index (κ2) is 4.67. The molecule has 5 nitrogen and oxygen atoms in total. The van der Waals surface area contributed by atoms with Gasteiger partial charge in [0.2, 0.25) is 0 Å². The highest BCUT2D eigenvalue weighted by atomic mass is 32.2. The maximum absolute atomic E-state index is 10.5. The van der Waals surface area contributed by atoms with Gasteiger partial charge in [0.15, 0.2) is 5.69 Å². The van der Waals surface area contributed by atoms with E-state index in [1.165, 1.54) is 11.8 Å². The molecule has 1 aliphatic rings. The predicted molar refractivity (Wildman–Crippen MR) is 53.2 cm³/mol. The highest BCUT2D eigenvalue weighted by molar-refractivity contribution is 7.99. The Balaban J connectivity index is 1.84. The van der Waals surface area contributed by atoms with Crippen LogP contribution >= 0.6 is 11.8 Å². The van der Waals surface area contributed by atoms with Gasteiger partial charge in [0.25, 0.3) is 5.22 Å². The number of carboxylic acids is 1. The highest BCUT2D eigenvalue weighted by Crippen LogP contribution is 2.23. The number of thioether (sulfide) groups is 1. The van der Waals surface area contributed by atoms with Gasteiger partial charge in [-0.15, -0.1) is 0 Å². The number of ether oxygens (including phenoxy) is 1. The predicted octanol–water partition coefficient (Wildman–Crippen LogP) is 1.64. The largest absolute Gasteiger partial charge is 0.476 e. The fraction of sp³-hybridized carbons (Fsp3) is 0.556. The van der Waals surface area contributed by atoms with Crippen LogP contribution in [0.1, 0.15) is 23.3 Å². The van der Waals surface area contributed by atoms with Crippen LogP contribution in [0.2, 0.25) is 0 Å². The van der Waals surface area contributed by atoms with Gasteiger partial charge in [0.05, 0.1) is 6.10 Å². The third-order valence-corrected chi connectivity index (χ3v) is 3.09. The molecule has 1 saturated heterocycles. The fourth-order valence-corrected chi connectivity index (χ4v) is 2.23. The van der Waals surface area contributed by atoms with Gasteiger partial charge in [0, 0.05) is 12.4 Å². The molecule has 6 heteroatoms. The van der Waals surface area contributed by atoms with Crippen molar-refractivity contribution in [2.75, 3.05) is 12.4 Å². The summed E-state index contributed by atoms with van der Waals surface area (Å²) in [5.41, 5.74) is -0.0511. The van der Waals surface area contributed by atoms with E-state index in [1.54, 1.807) is 0 Å². The van der Waals surface area contributed by atoms with E-state index in [0.717, 1.165) is 31.5 Å². The van der Waals surface area contributed by atoms with Crippen molar-refractivity contribution in [1.29, 1.82) is 0 Å².